The molecule has 1 saturated heterocycles. The van der Waals surface area contributed by atoms with Crippen LogP contribution in [0, 0.1) is 5.92 Å². The van der Waals surface area contributed by atoms with Gasteiger partial charge in [0.15, 0.2) is 5.76 Å². The third-order valence-electron chi connectivity index (χ3n) is 4.66. The lowest BCUT2D eigenvalue weighted by Gasteiger charge is -2.32. The summed E-state index contributed by atoms with van der Waals surface area (Å²) in [6.07, 6.45) is 5.13. The monoisotopic (exact) mass is 317 g/mol. The van der Waals surface area contributed by atoms with Crippen molar-refractivity contribution in [1.29, 1.82) is 0 Å². The van der Waals surface area contributed by atoms with Crippen LogP contribution in [0.15, 0.2) is 27.2 Å². The van der Waals surface area contributed by atoms with E-state index in [1.54, 1.807) is 18.4 Å². The third kappa shape index (κ3) is 3.30. The molecule has 124 valence electrons. The van der Waals surface area contributed by atoms with Gasteiger partial charge in [-0.3, -0.25) is 4.79 Å². The summed E-state index contributed by atoms with van der Waals surface area (Å²) in [7, 11) is 0. The number of carbonyl (C=O) groups excluding carboxylic acids is 1. The molecule has 0 spiro atoms. The minimum atomic E-state index is 0.153. The molecule has 1 aliphatic heterocycles. The summed E-state index contributed by atoms with van der Waals surface area (Å²) in [6.45, 7) is 5.68. The van der Waals surface area contributed by atoms with Crippen LogP contribution in [-0.4, -0.2) is 34.1 Å². The number of nitrogens with zero attached hydrogens (tertiary/aromatic N) is 3. The SMILES string of the molecule is CCC(CC)C(=O)N1CCC(c2nnc(-c3ccco3)o2)CC1. The van der Waals surface area contributed by atoms with Gasteiger partial charge in [-0.25, -0.2) is 0 Å². The lowest BCUT2D eigenvalue weighted by molar-refractivity contribution is -0.136. The van der Waals surface area contributed by atoms with Crippen molar-refractivity contribution < 1.29 is 13.6 Å². The maximum Gasteiger partial charge on any atom is 0.283 e. The molecule has 3 heterocycles. The molecule has 6 nitrogen and oxygen atoms in total. The average Bonchev–Trinajstić information content (AvgIpc) is 3.27. The van der Waals surface area contributed by atoms with Gasteiger partial charge >= 0.3 is 0 Å². The van der Waals surface area contributed by atoms with Crippen molar-refractivity contribution in [2.24, 2.45) is 5.92 Å². The van der Waals surface area contributed by atoms with E-state index in [1.807, 2.05) is 4.90 Å². The van der Waals surface area contributed by atoms with Gasteiger partial charge in [0, 0.05) is 24.9 Å². The first-order valence-electron chi connectivity index (χ1n) is 8.39. The fourth-order valence-corrected chi connectivity index (χ4v) is 3.14. The van der Waals surface area contributed by atoms with E-state index >= 15 is 0 Å². The van der Waals surface area contributed by atoms with Crippen molar-refractivity contribution in [3.05, 3.63) is 24.3 Å². The predicted molar refractivity (Wildman–Crippen MR) is 84.6 cm³/mol. The minimum Gasteiger partial charge on any atom is -0.459 e. The van der Waals surface area contributed by atoms with Crippen LogP contribution < -0.4 is 0 Å². The zero-order valence-corrected chi connectivity index (χ0v) is 13.7. The number of amides is 1. The number of likely N-dealkylation sites (tertiary alicyclic amines) is 1. The fourth-order valence-electron chi connectivity index (χ4n) is 3.14. The van der Waals surface area contributed by atoms with Crippen LogP contribution in [0.3, 0.4) is 0 Å². The molecule has 0 bridgehead atoms. The molecule has 0 atom stereocenters. The lowest BCUT2D eigenvalue weighted by atomic mass is 9.94. The molecule has 1 fully saturated rings. The Labute approximate surface area is 135 Å². The second-order valence-corrected chi connectivity index (χ2v) is 6.04. The number of furan rings is 1. The third-order valence-corrected chi connectivity index (χ3v) is 4.66. The van der Waals surface area contributed by atoms with E-state index in [-0.39, 0.29) is 17.7 Å². The van der Waals surface area contributed by atoms with E-state index in [9.17, 15) is 4.79 Å². The number of rotatable bonds is 5. The van der Waals surface area contributed by atoms with Gasteiger partial charge in [0.05, 0.1) is 6.26 Å². The molecule has 3 rings (SSSR count). The first kappa shape index (κ1) is 15.8. The summed E-state index contributed by atoms with van der Waals surface area (Å²) in [6, 6.07) is 3.59. The smallest absolute Gasteiger partial charge is 0.283 e. The van der Waals surface area contributed by atoms with Crippen LogP contribution in [0.2, 0.25) is 0 Å². The van der Waals surface area contributed by atoms with Crippen LogP contribution >= 0.6 is 0 Å². The fraction of sp³-hybridized carbons (Fsp3) is 0.588. The lowest BCUT2D eigenvalue weighted by Crippen LogP contribution is -2.41. The van der Waals surface area contributed by atoms with Crippen molar-refractivity contribution in [3.8, 4) is 11.7 Å². The molecule has 23 heavy (non-hydrogen) atoms. The summed E-state index contributed by atoms with van der Waals surface area (Å²) in [5.41, 5.74) is 0. The highest BCUT2D eigenvalue weighted by Gasteiger charge is 2.29. The van der Waals surface area contributed by atoms with Gasteiger partial charge in [-0.15, -0.1) is 10.2 Å². The highest BCUT2D eigenvalue weighted by Crippen LogP contribution is 2.30. The normalized spacial score (nSPS) is 16.2. The van der Waals surface area contributed by atoms with E-state index in [4.69, 9.17) is 8.83 Å². The van der Waals surface area contributed by atoms with Crippen molar-refractivity contribution in [1.82, 2.24) is 15.1 Å². The Balaban J connectivity index is 1.60. The van der Waals surface area contributed by atoms with Gasteiger partial charge in [0.1, 0.15) is 0 Å². The molecule has 2 aromatic rings. The van der Waals surface area contributed by atoms with Crippen LogP contribution in [0.4, 0.5) is 0 Å². The van der Waals surface area contributed by atoms with E-state index in [2.05, 4.69) is 24.0 Å². The Bertz CT molecular complexity index is 623. The maximum absolute atomic E-state index is 12.4. The molecule has 1 aliphatic rings. The molecule has 0 aliphatic carbocycles. The van der Waals surface area contributed by atoms with E-state index < -0.39 is 0 Å². The van der Waals surface area contributed by atoms with E-state index in [0.29, 0.717) is 17.5 Å². The van der Waals surface area contributed by atoms with Crippen LogP contribution in [0.25, 0.3) is 11.7 Å². The zero-order chi connectivity index (χ0) is 16.2. The van der Waals surface area contributed by atoms with E-state index in [0.717, 1.165) is 38.8 Å². The first-order chi connectivity index (χ1) is 11.2. The van der Waals surface area contributed by atoms with Crippen molar-refractivity contribution >= 4 is 5.91 Å². The quantitative estimate of drug-likeness (QED) is 0.844. The Morgan fingerprint density at radius 3 is 2.65 bits per heavy atom. The van der Waals surface area contributed by atoms with Crippen molar-refractivity contribution in [3.63, 3.8) is 0 Å². The molecular weight excluding hydrogens is 294 g/mol. The second-order valence-electron chi connectivity index (χ2n) is 6.04. The van der Waals surface area contributed by atoms with Crippen LogP contribution in [0.5, 0.6) is 0 Å². The predicted octanol–water partition coefficient (Wildman–Crippen LogP) is 3.47. The summed E-state index contributed by atoms with van der Waals surface area (Å²) in [5, 5.41) is 8.20. The summed E-state index contributed by atoms with van der Waals surface area (Å²) in [5.74, 6) is 2.31. The summed E-state index contributed by atoms with van der Waals surface area (Å²) >= 11 is 0. The Morgan fingerprint density at radius 1 is 1.30 bits per heavy atom. The van der Waals surface area contributed by atoms with Crippen molar-refractivity contribution in [2.45, 2.75) is 45.4 Å². The standard InChI is InChI=1S/C17H23N3O3/c1-3-12(4-2)17(21)20-9-7-13(8-10-20)15-18-19-16(23-15)14-6-5-11-22-14/h5-6,11-13H,3-4,7-10H2,1-2H3. The molecule has 0 saturated carbocycles. The minimum absolute atomic E-state index is 0.153. The maximum atomic E-state index is 12.4. The molecule has 2 aromatic heterocycles. The van der Waals surface area contributed by atoms with E-state index in [1.165, 1.54) is 0 Å². The topological polar surface area (TPSA) is 72.4 Å². The van der Waals surface area contributed by atoms with Gasteiger partial charge in [-0.05, 0) is 37.8 Å². The number of piperidine rings is 1. The molecule has 0 aromatic carbocycles. The molecule has 6 heteroatoms. The Kier molecular flexibility index (Phi) is 4.79. The van der Waals surface area contributed by atoms with Gasteiger partial charge in [-0.2, -0.15) is 0 Å². The van der Waals surface area contributed by atoms with Crippen LogP contribution in [0.1, 0.15) is 51.3 Å². The summed E-state index contributed by atoms with van der Waals surface area (Å²) in [4.78, 5) is 14.4. The number of aromatic nitrogens is 2. The Morgan fingerprint density at radius 2 is 2.04 bits per heavy atom. The van der Waals surface area contributed by atoms with Gasteiger partial charge in [0.25, 0.3) is 5.89 Å². The number of hydrogen-bond acceptors (Lipinski definition) is 5. The average molecular weight is 317 g/mol. The Hall–Kier alpha value is -2.11. The van der Waals surface area contributed by atoms with Gasteiger partial charge in [0.2, 0.25) is 11.8 Å². The molecule has 0 radical (unpaired) electrons. The first-order valence-corrected chi connectivity index (χ1v) is 8.39. The summed E-state index contributed by atoms with van der Waals surface area (Å²) < 4.78 is 11.0. The van der Waals surface area contributed by atoms with Gasteiger partial charge in [-0.1, -0.05) is 13.8 Å². The zero-order valence-electron chi connectivity index (χ0n) is 13.7. The molecular formula is C17H23N3O3. The highest BCUT2D eigenvalue weighted by molar-refractivity contribution is 5.78. The largest absolute Gasteiger partial charge is 0.459 e. The highest BCUT2D eigenvalue weighted by atomic mass is 16.4. The van der Waals surface area contributed by atoms with Gasteiger partial charge < -0.3 is 13.7 Å². The second kappa shape index (κ2) is 6.98. The number of carbonyl (C=O) groups is 1. The molecule has 0 N–H and O–H groups in total. The number of hydrogen-bond donors (Lipinski definition) is 0. The van der Waals surface area contributed by atoms with Crippen LogP contribution in [-0.2, 0) is 4.79 Å². The molecule has 1 amide bonds. The van der Waals surface area contributed by atoms with Crippen molar-refractivity contribution in [2.75, 3.05) is 13.1 Å². The molecule has 0 unspecified atom stereocenters.